The fourth-order valence-electron chi connectivity index (χ4n) is 0.890. The van der Waals surface area contributed by atoms with Gasteiger partial charge in [-0.25, -0.2) is 4.79 Å². The molecule has 0 saturated heterocycles. The molecule has 4 heteroatoms. The second kappa shape index (κ2) is 5.07. The Hall–Kier alpha value is -0.770. The Morgan fingerprint density at radius 3 is 2.31 bits per heavy atom. The van der Waals surface area contributed by atoms with E-state index in [1.807, 2.05) is 27.7 Å². The molecule has 1 unspecified atom stereocenters. The molecule has 1 atom stereocenters. The van der Waals surface area contributed by atoms with Crippen LogP contribution in [0.2, 0.25) is 0 Å². The summed E-state index contributed by atoms with van der Waals surface area (Å²) in [4.78, 5) is 11.3. The SMILES string of the molecule is CCC(CN)NC(=O)NC(C)(C)C. The summed E-state index contributed by atoms with van der Waals surface area (Å²) >= 11 is 0. The fourth-order valence-corrected chi connectivity index (χ4v) is 0.890. The van der Waals surface area contributed by atoms with Crippen molar-refractivity contribution >= 4 is 6.03 Å². The molecule has 0 aliphatic heterocycles. The molecule has 0 bridgehead atoms. The van der Waals surface area contributed by atoms with Crippen molar-refractivity contribution in [2.75, 3.05) is 6.54 Å². The summed E-state index contributed by atoms with van der Waals surface area (Å²) < 4.78 is 0. The lowest BCUT2D eigenvalue weighted by Gasteiger charge is -2.23. The molecule has 4 N–H and O–H groups in total. The highest BCUT2D eigenvalue weighted by molar-refractivity contribution is 5.74. The van der Waals surface area contributed by atoms with E-state index in [0.29, 0.717) is 6.54 Å². The first kappa shape index (κ1) is 12.2. The van der Waals surface area contributed by atoms with Gasteiger partial charge in [0.25, 0.3) is 0 Å². The molecule has 0 radical (unpaired) electrons. The van der Waals surface area contributed by atoms with Crippen LogP contribution in [0.3, 0.4) is 0 Å². The Balaban J connectivity index is 3.86. The average molecular weight is 187 g/mol. The lowest BCUT2D eigenvalue weighted by molar-refractivity contribution is 0.228. The van der Waals surface area contributed by atoms with E-state index in [0.717, 1.165) is 6.42 Å². The van der Waals surface area contributed by atoms with Crippen LogP contribution in [0, 0.1) is 0 Å². The number of urea groups is 1. The normalized spacial score (nSPS) is 13.6. The van der Waals surface area contributed by atoms with Crippen LogP contribution < -0.4 is 16.4 Å². The zero-order valence-electron chi connectivity index (χ0n) is 8.98. The minimum Gasteiger partial charge on any atom is -0.334 e. The smallest absolute Gasteiger partial charge is 0.315 e. The predicted octanol–water partition coefficient (Wildman–Crippen LogP) is 0.821. The molecule has 4 nitrogen and oxygen atoms in total. The fraction of sp³-hybridized carbons (Fsp3) is 0.889. The van der Waals surface area contributed by atoms with E-state index in [9.17, 15) is 4.79 Å². The maximum Gasteiger partial charge on any atom is 0.315 e. The molecule has 0 heterocycles. The number of hydrogen-bond donors (Lipinski definition) is 3. The molecule has 2 amide bonds. The molecule has 0 saturated carbocycles. The number of nitrogens with two attached hydrogens (primary N) is 1. The second-order valence-corrected chi connectivity index (χ2v) is 4.19. The van der Waals surface area contributed by atoms with E-state index in [-0.39, 0.29) is 17.6 Å². The molecule has 78 valence electrons. The largest absolute Gasteiger partial charge is 0.334 e. The van der Waals surface area contributed by atoms with Crippen LogP contribution in [0.4, 0.5) is 4.79 Å². The third-order valence-electron chi connectivity index (χ3n) is 1.60. The van der Waals surface area contributed by atoms with Gasteiger partial charge in [0.1, 0.15) is 0 Å². The van der Waals surface area contributed by atoms with Gasteiger partial charge in [0.2, 0.25) is 0 Å². The molecule has 0 fully saturated rings. The molecule has 0 aromatic heterocycles. The van der Waals surface area contributed by atoms with Gasteiger partial charge in [-0.15, -0.1) is 0 Å². The lowest BCUT2D eigenvalue weighted by Crippen LogP contribution is -2.51. The third kappa shape index (κ3) is 6.40. The standard InChI is InChI=1S/C9H21N3O/c1-5-7(6-10)11-8(13)12-9(2,3)4/h7H,5-6,10H2,1-4H3,(H2,11,12,13). The van der Waals surface area contributed by atoms with Crippen LogP contribution in [-0.4, -0.2) is 24.2 Å². The zero-order chi connectivity index (χ0) is 10.5. The summed E-state index contributed by atoms with van der Waals surface area (Å²) in [5.41, 5.74) is 5.26. The summed E-state index contributed by atoms with van der Waals surface area (Å²) in [7, 11) is 0. The topological polar surface area (TPSA) is 67.1 Å². The Bertz CT molecular complexity index is 159. The van der Waals surface area contributed by atoms with Crippen LogP contribution in [0.25, 0.3) is 0 Å². The van der Waals surface area contributed by atoms with E-state index in [1.54, 1.807) is 0 Å². The highest BCUT2D eigenvalue weighted by atomic mass is 16.2. The van der Waals surface area contributed by atoms with Gasteiger partial charge in [-0.3, -0.25) is 0 Å². The maximum absolute atomic E-state index is 11.3. The molecule has 0 rings (SSSR count). The summed E-state index contributed by atoms with van der Waals surface area (Å²) in [6.07, 6.45) is 0.855. The third-order valence-corrected chi connectivity index (χ3v) is 1.60. The van der Waals surface area contributed by atoms with Gasteiger partial charge in [-0.2, -0.15) is 0 Å². The van der Waals surface area contributed by atoms with Gasteiger partial charge in [0, 0.05) is 18.1 Å². The van der Waals surface area contributed by atoms with Gasteiger partial charge in [-0.1, -0.05) is 6.92 Å². The first-order chi connectivity index (χ1) is 5.89. The number of carbonyl (C=O) groups is 1. The van der Waals surface area contributed by atoms with Crippen LogP contribution >= 0.6 is 0 Å². The van der Waals surface area contributed by atoms with Gasteiger partial charge in [-0.05, 0) is 27.2 Å². The summed E-state index contributed by atoms with van der Waals surface area (Å²) in [6.45, 7) is 8.30. The molecular formula is C9H21N3O. The highest BCUT2D eigenvalue weighted by Gasteiger charge is 2.15. The van der Waals surface area contributed by atoms with Gasteiger partial charge >= 0.3 is 6.03 Å². The Morgan fingerprint density at radius 1 is 1.46 bits per heavy atom. The molecule has 0 aromatic carbocycles. The van der Waals surface area contributed by atoms with Gasteiger partial charge in [0.05, 0.1) is 0 Å². The van der Waals surface area contributed by atoms with E-state index >= 15 is 0 Å². The number of carbonyl (C=O) groups excluding carboxylic acids is 1. The summed E-state index contributed by atoms with van der Waals surface area (Å²) in [5.74, 6) is 0. The van der Waals surface area contributed by atoms with E-state index in [1.165, 1.54) is 0 Å². The van der Waals surface area contributed by atoms with Crippen molar-refractivity contribution in [1.82, 2.24) is 10.6 Å². The van der Waals surface area contributed by atoms with Crippen molar-refractivity contribution in [3.05, 3.63) is 0 Å². The average Bonchev–Trinajstić information content (AvgIpc) is 1.96. The van der Waals surface area contributed by atoms with Crippen LogP contribution in [0.1, 0.15) is 34.1 Å². The number of hydrogen-bond acceptors (Lipinski definition) is 2. The molecule has 0 aromatic rings. The Morgan fingerprint density at radius 2 is 2.00 bits per heavy atom. The zero-order valence-corrected chi connectivity index (χ0v) is 8.98. The first-order valence-electron chi connectivity index (χ1n) is 4.67. The quantitative estimate of drug-likeness (QED) is 0.612. The van der Waals surface area contributed by atoms with E-state index < -0.39 is 0 Å². The maximum atomic E-state index is 11.3. The van der Waals surface area contributed by atoms with Crippen molar-refractivity contribution < 1.29 is 4.79 Å². The van der Waals surface area contributed by atoms with Crippen molar-refractivity contribution in [2.24, 2.45) is 5.73 Å². The summed E-state index contributed by atoms with van der Waals surface area (Å²) in [6, 6.07) is -0.0767. The van der Waals surface area contributed by atoms with Crippen LogP contribution in [-0.2, 0) is 0 Å². The van der Waals surface area contributed by atoms with E-state index in [2.05, 4.69) is 10.6 Å². The first-order valence-corrected chi connectivity index (χ1v) is 4.67. The minimum atomic E-state index is -0.197. The molecule has 0 aliphatic rings. The molecular weight excluding hydrogens is 166 g/mol. The molecule has 13 heavy (non-hydrogen) atoms. The summed E-state index contributed by atoms with van der Waals surface area (Å²) in [5, 5.41) is 5.61. The number of nitrogens with one attached hydrogen (secondary N) is 2. The second-order valence-electron chi connectivity index (χ2n) is 4.19. The van der Waals surface area contributed by atoms with Crippen LogP contribution in [0.15, 0.2) is 0 Å². The minimum absolute atomic E-state index is 0.0716. The Labute approximate surface area is 80.3 Å². The van der Waals surface area contributed by atoms with Crippen molar-refractivity contribution in [3.8, 4) is 0 Å². The monoisotopic (exact) mass is 187 g/mol. The van der Waals surface area contributed by atoms with Crippen molar-refractivity contribution in [3.63, 3.8) is 0 Å². The Kier molecular flexibility index (Phi) is 4.77. The van der Waals surface area contributed by atoms with Crippen LogP contribution in [0.5, 0.6) is 0 Å². The molecule has 0 aliphatic carbocycles. The predicted molar refractivity (Wildman–Crippen MR) is 54.6 cm³/mol. The van der Waals surface area contributed by atoms with Gasteiger partial charge < -0.3 is 16.4 Å². The van der Waals surface area contributed by atoms with Crippen molar-refractivity contribution in [2.45, 2.75) is 45.7 Å². The number of amides is 2. The lowest BCUT2D eigenvalue weighted by atomic mass is 10.1. The van der Waals surface area contributed by atoms with Gasteiger partial charge in [0.15, 0.2) is 0 Å². The van der Waals surface area contributed by atoms with Crippen molar-refractivity contribution in [1.29, 1.82) is 0 Å². The van der Waals surface area contributed by atoms with E-state index in [4.69, 9.17) is 5.73 Å². The highest BCUT2D eigenvalue weighted by Crippen LogP contribution is 1.98. The number of rotatable bonds is 3. The molecule has 0 spiro atoms.